The number of esters is 1. The lowest BCUT2D eigenvalue weighted by Gasteiger charge is -2.28. The van der Waals surface area contributed by atoms with Crippen LogP contribution in [0.25, 0.3) is 0 Å². The average Bonchev–Trinajstić information content (AvgIpc) is 2.84. The summed E-state index contributed by atoms with van der Waals surface area (Å²) in [7, 11) is -2.66. The highest BCUT2D eigenvalue weighted by atomic mass is 28.4. The molecule has 208 valence electrons. The Morgan fingerprint density at radius 3 is 1.77 bits per heavy atom. The summed E-state index contributed by atoms with van der Waals surface area (Å²) in [5.41, 5.74) is 0. The third-order valence-corrected chi connectivity index (χ3v) is 8.15. The molecule has 0 fully saturated rings. The predicted octanol–water partition coefficient (Wildman–Crippen LogP) is 2.41. The highest BCUT2D eigenvalue weighted by molar-refractivity contribution is 6.60. The summed E-state index contributed by atoms with van der Waals surface area (Å²) < 4.78 is 22.4. The maximum atomic E-state index is 11.7. The number of aliphatic hydroxyl groups is 1. The topological polar surface area (TPSA) is 144 Å². The molecular formula is C23H49N3O8Si. The second-order valence-corrected chi connectivity index (χ2v) is 10.5. The summed E-state index contributed by atoms with van der Waals surface area (Å²) in [6.45, 7) is 15.5. The van der Waals surface area contributed by atoms with E-state index in [9.17, 15) is 14.4 Å². The van der Waals surface area contributed by atoms with Crippen molar-refractivity contribution >= 4 is 26.7 Å². The first-order valence-corrected chi connectivity index (χ1v) is 14.6. The number of carbonyl (C=O) groups is 3. The molecular weight excluding hydrogens is 474 g/mol. The number of hydrogen-bond acceptors (Lipinski definition) is 8. The maximum Gasteiger partial charge on any atom is 0.500 e. The zero-order valence-electron chi connectivity index (χ0n) is 22.7. The van der Waals surface area contributed by atoms with Gasteiger partial charge in [-0.2, -0.15) is 0 Å². The molecule has 0 aromatic rings. The lowest BCUT2D eigenvalue weighted by Crippen LogP contribution is -2.46. The highest BCUT2D eigenvalue weighted by Gasteiger charge is 2.39. The summed E-state index contributed by atoms with van der Waals surface area (Å²) in [5.74, 6) is -0.426. The van der Waals surface area contributed by atoms with E-state index in [0.29, 0.717) is 38.8 Å². The highest BCUT2D eigenvalue weighted by Crippen LogP contribution is 2.17. The predicted molar refractivity (Wildman–Crippen MR) is 137 cm³/mol. The van der Waals surface area contributed by atoms with Crippen LogP contribution in [0.4, 0.5) is 4.79 Å². The van der Waals surface area contributed by atoms with Crippen molar-refractivity contribution in [2.75, 3.05) is 46.2 Å². The van der Waals surface area contributed by atoms with Gasteiger partial charge in [0.15, 0.2) is 0 Å². The Bertz CT molecular complexity index is 552. The summed E-state index contributed by atoms with van der Waals surface area (Å²) in [5, 5.41) is 16.0. The van der Waals surface area contributed by atoms with Gasteiger partial charge in [-0.15, -0.1) is 0 Å². The molecule has 0 aliphatic rings. The van der Waals surface area contributed by atoms with E-state index >= 15 is 0 Å². The van der Waals surface area contributed by atoms with E-state index in [1.54, 1.807) is 0 Å². The number of carbonyl (C=O) groups excluding carboxylic acids is 3. The van der Waals surface area contributed by atoms with Crippen LogP contribution in [0.5, 0.6) is 0 Å². The molecule has 0 radical (unpaired) electrons. The largest absolute Gasteiger partial charge is 0.500 e. The minimum Gasteiger partial charge on any atom is -0.464 e. The van der Waals surface area contributed by atoms with Crippen molar-refractivity contribution in [3.05, 3.63) is 0 Å². The van der Waals surface area contributed by atoms with E-state index in [-0.39, 0.29) is 49.6 Å². The molecule has 0 bridgehead atoms. The van der Waals surface area contributed by atoms with Crippen LogP contribution in [0.3, 0.4) is 0 Å². The van der Waals surface area contributed by atoms with E-state index in [1.807, 2.05) is 48.5 Å². The van der Waals surface area contributed by atoms with Crippen LogP contribution in [0.2, 0.25) is 6.04 Å². The molecule has 11 nitrogen and oxygen atoms in total. The fourth-order valence-electron chi connectivity index (χ4n) is 2.63. The van der Waals surface area contributed by atoms with Crippen LogP contribution in [0, 0.1) is 11.8 Å². The molecule has 2 unspecified atom stereocenters. The van der Waals surface area contributed by atoms with Gasteiger partial charge in [0.05, 0.1) is 12.5 Å². The number of urea groups is 1. The molecule has 0 aliphatic carbocycles. The van der Waals surface area contributed by atoms with Gasteiger partial charge in [-0.05, 0) is 40.0 Å². The first-order chi connectivity index (χ1) is 16.7. The Hall–Kier alpha value is -1.73. The van der Waals surface area contributed by atoms with Crippen molar-refractivity contribution < 1.29 is 37.5 Å². The molecule has 4 N–H and O–H groups in total. The SMILES string of the molecule is CCC(C)C(=O)NCO.CCO[Si](CCCNC(=O)NCCOC(=O)C(C)CC)(OCC)OCC. The van der Waals surface area contributed by atoms with Crippen molar-refractivity contribution in [1.82, 2.24) is 16.0 Å². The minimum atomic E-state index is -2.66. The standard InChI is InChI=1S/C17H36N2O6Si.C6H13NO2/c1-6-15(5)16(20)22-13-12-19-17(21)18-11-10-14-26(23-7-2,24-8-3)25-9-4;1-3-5(2)6(9)7-4-8/h15H,6-14H2,1-5H3,(H2,18,19,21);5,8H,3-4H2,1-2H3,(H,7,9). The smallest absolute Gasteiger partial charge is 0.464 e. The van der Waals surface area contributed by atoms with Crippen LogP contribution < -0.4 is 16.0 Å². The number of rotatable bonds is 18. The minimum absolute atomic E-state index is 0.0112. The van der Waals surface area contributed by atoms with Gasteiger partial charge in [-0.1, -0.05) is 27.7 Å². The fourth-order valence-corrected chi connectivity index (χ4v) is 5.25. The first kappa shape index (κ1) is 35.4. The number of nitrogens with one attached hydrogen (secondary N) is 3. The molecule has 0 spiro atoms. The summed E-state index contributed by atoms with van der Waals surface area (Å²) in [4.78, 5) is 33.9. The molecule has 0 aromatic carbocycles. The van der Waals surface area contributed by atoms with Crippen LogP contribution in [-0.2, 0) is 27.6 Å². The van der Waals surface area contributed by atoms with E-state index in [2.05, 4.69) is 16.0 Å². The Morgan fingerprint density at radius 2 is 1.31 bits per heavy atom. The lowest BCUT2D eigenvalue weighted by atomic mass is 10.1. The molecule has 2 atom stereocenters. The maximum absolute atomic E-state index is 11.7. The van der Waals surface area contributed by atoms with Gasteiger partial charge >= 0.3 is 20.8 Å². The Balaban J connectivity index is 0. The Morgan fingerprint density at radius 1 is 0.800 bits per heavy atom. The number of hydrogen-bond donors (Lipinski definition) is 4. The van der Waals surface area contributed by atoms with E-state index < -0.39 is 8.80 Å². The van der Waals surface area contributed by atoms with Crippen molar-refractivity contribution in [3.8, 4) is 0 Å². The van der Waals surface area contributed by atoms with E-state index in [0.717, 1.165) is 12.8 Å². The molecule has 0 aromatic heterocycles. The number of ether oxygens (including phenoxy) is 1. The van der Waals surface area contributed by atoms with Crippen LogP contribution in [0.1, 0.15) is 67.7 Å². The van der Waals surface area contributed by atoms with Crippen LogP contribution in [0.15, 0.2) is 0 Å². The molecule has 0 aliphatic heterocycles. The van der Waals surface area contributed by atoms with E-state index in [4.69, 9.17) is 23.1 Å². The third kappa shape index (κ3) is 18.2. The molecule has 0 saturated heterocycles. The van der Waals surface area contributed by atoms with Gasteiger partial charge < -0.3 is 39.1 Å². The normalized spacial score (nSPS) is 12.6. The van der Waals surface area contributed by atoms with Crippen LogP contribution >= 0.6 is 0 Å². The summed E-state index contributed by atoms with van der Waals surface area (Å²) in [6.07, 6.45) is 2.25. The van der Waals surface area contributed by atoms with Crippen molar-refractivity contribution in [1.29, 1.82) is 0 Å². The lowest BCUT2D eigenvalue weighted by molar-refractivity contribution is -0.147. The molecule has 0 saturated carbocycles. The third-order valence-electron chi connectivity index (χ3n) is 5.00. The Kier molecular flexibility index (Phi) is 23.0. The quantitative estimate of drug-likeness (QED) is 0.0928. The summed E-state index contributed by atoms with van der Waals surface area (Å²) >= 11 is 0. The monoisotopic (exact) mass is 523 g/mol. The number of aliphatic hydroxyl groups excluding tert-OH is 1. The molecule has 3 amide bonds. The van der Waals surface area contributed by atoms with Gasteiger partial charge in [0.1, 0.15) is 13.3 Å². The first-order valence-electron chi connectivity index (χ1n) is 12.6. The van der Waals surface area contributed by atoms with Crippen LogP contribution in [-0.4, -0.2) is 78.1 Å². The zero-order chi connectivity index (χ0) is 27.1. The van der Waals surface area contributed by atoms with Crippen molar-refractivity contribution in [2.24, 2.45) is 11.8 Å². The molecule has 0 rings (SSSR count). The van der Waals surface area contributed by atoms with Crippen molar-refractivity contribution in [3.63, 3.8) is 0 Å². The molecule has 0 heterocycles. The van der Waals surface area contributed by atoms with Crippen molar-refractivity contribution in [2.45, 2.75) is 73.8 Å². The second-order valence-electron chi connectivity index (χ2n) is 7.75. The Labute approximate surface area is 212 Å². The van der Waals surface area contributed by atoms with Gasteiger partial charge in [0.25, 0.3) is 0 Å². The van der Waals surface area contributed by atoms with E-state index in [1.165, 1.54) is 0 Å². The van der Waals surface area contributed by atoms with Gasteiger partial charge in [0, 0.05) is 38.3 Å². The zero-order valence-corrected chi connectivity index (χ0v) is 23.7. The molecule has 35 heavy (non-hydrogen) atoms. The molecule has 12 heteroatoms. The van der Waals surface area contributed by atoms with Gasteiger partial charge in [-0.25, -0.2) is 4.79 Å². The van der Waals surface area contributed by atoms with Gasteiger partial charge in [-0.3, -0.25) is 9.59 Å². The average molecular weight is 524 g/mol. The summed E-state index contributed by atoms with van der Waals surface area (Å²) in [6, 6.07) is 0.357. The fraction of sp³-hybridized carbons (Fsp3) is 0.870. The van der Waals surface area contributed by atoms with Gasteiger partial charge in [0.2, 0.25) is 5.91 Å². The number of amides is 3. The second kappa shape index (κ2) is 22.7.